The number of hydrogen-bond donors (Lipinski definition) is 6. The van der Waals surface area contributed by atoms with Crippen LogP contribution in [0.4, 0.5) is 5.69 Å². The number of nitro benzene ring substituents is 1. The molecule has 13 heteroatoms. The zero-order valence-electron chi connectivity index (χ0n) is 12.4. The first-order valence-electron chi connectivity index (χ1n) is 6.89. The maximum atomic E-state index is 12.0. The van der Waals surface area contributed by atoms with Gasteiger partial charge in [-0.05, 0) is 12.1 Å². The van der Waals surface area contributed by atoms with Crippen LogP contribution in [0.2, 0.25) is 0 Å². The molecule has 140 valence electrons. The number of nitro groups is 1. The van der Waals surface area contributed by atoms with Crippen molar-refractivity contribution in [2.75, 3.05) is 0 Å². The first-order chi connectivity index (χ1) is 11.5. The van der Waals surface area contributed by atoms with Crippen LogP contribution >= 0.6 is 7.82 Å². The van der Waals surface area contributed by atoms with E-state index >= 15 is 0 Å². The Hall–Kier alpha value is -1.63. The topological polar surface area (TPSA) is 200 Å². The van der Waals surface area contributed by atoms with Crippen LogP contribution < -0.4 is 4.52 Å². The fourth-order valence-electron chi connectivity index (χ4n) is 2.26. The molecule has 1 aliphatic carbocycles. The molecule has 0 spiro atoms. The molecule has 3 unspecified atom stereocenters. The monoisotopic (exact) mass is 381 g/mol. The quantitative estimate of drug-likeness (QED) is 0.192. The molecular formula is C12H16NO11P. The van der Waals surface area contributed by atoms with E-state index in [1.165, 1.54) is 0 Å². The molecule has 2 rings (SSSR count). The second-order valence-corrected chi connectivity index (χ2v) is 6.66. The molecule has 0 bridgehead atoms. The van der Waals surface area contributed by atoms with Crippen LogP contribution in [0.3, 0.4) is 0 Å². The highest BCUT2D eigenvalue weighted by Gasteiger charge is 2.51. The van der Waals surface area contributed by atoms with Crippen LogP contribution in [-0.4, -0.2) is 72.0 Å². The van der Waals surface area contributed by atoms with E-state index in [2.05, 4.69) is 9.05 Å². The lowest BCUT2D eigenvalue weighted by Gasteiger charge is -2.41. The van der Waals surface area contributed by atoms with E-state index in [1.807, 2.05) is 0 Å². The summed E-state index contributed by atoms with van der Waals surface area (Å²) in [5.74, 6) is -0.280. The second-order valence-electron chi connectivity index (χ2n) is 5.33. The number of phosphoric acid groups is 1. The van der Waals surface area contributed by atoms with Gasteiger partial charge in [-0.1, -0.05) is 0 Å². The average Bonchev–Trinajstić information content (AvgIpc) is 2.55. The summed E-state index contributed by atoms with van der Waals surface area (Å²) in [4.78, 5) is 19.5. The van der Waals surface area contributed by atoms with Crippen LogP contribution in [0.15, 0.2) is 24.3 Å². The molecule has 12 nitrogen and oxygen atoms in total. The normalized spacial score (nSPS) is 35.0. The average molecular weight is 381 g/mol. The minimum atomic E-state index is -4.96. The van der Waals surface area contributed by atoms with Crippen molar-refractivity contribution in [2.24, 2.45) is 0 Å². The molecule has 1 fully saturated rings. The number of hydrogen-bond acceptors (Lipinski definition) is 10. The third kappa shape index (κ3) is 4.32. The number of aliphatic hydroxyl groups excluding tert-OH is 5. The Labute approximate surface area is 140 Å². The van der Waals surface area contributed by atoms with Crippen molar-refractivity contribution in [2.45, 2.75) is 36.6 Å². The Balaban J connectivity index is 2.11. The van der Waals surface area contributed by atoms with Gasteiger partial charge in [0.2, 0.25) is 0 Å². The Morgan fingerprint density at radius 3 is 1.80 bits per heavy atom. The lowest BCUT2D eigenvalue weighted by atomic mass is 9.85. The molecule has 1 aromatic carbocycles. The van der Waals surface area contributed by atoms with Crippen LogP contribution in [-0.2, 0) is 9.09 Å². The Kier molecular flexibility index (Phi) is 5.76. The van der Waals surface area contributed by atoms with Gasteiger partial charge in [-0.15, -0.1) is 0 Å². The van der Waals surface area contributed by atoms with Gasteiger partial charge in [0.05, 0.1) is 4.92 Å². The second kappa shape index (κ2) is 7.32. The highest BCUT2D eigenvalue weighted by Crippen LogP contribution is 2.47. The highest BCUT2D eigenvalue weighted by atomic mass is 31.2. The van der Waals surface area contributed by atoms with Crippen LogP contribution in [0.1, 0.15) is 0 Å². The number of non-ortho nitro benzene ring substituents is 1. The number of phosphoric ester groups is 1. The standard InChI is InChI=1S/C12H16NO11P/c14-7-8(15)10(17)12(11(18)9(7)16)24-25(21,22)23-6-3-1-5(2-4-6)13(19)20/h1-4,7-12,14-18H,(H,21,22)/t7?,8-,9+,10-,11-,12?/m0/s1. The van der Waals surface area contributed by atoms with Gasteiger partial charge in [0.15, 0.2) is 0 Å². The zero-order valence-corrected chi connectivity index (χ0v) is 13.3. The molecule has 25 heavy (non-hydrogen) atoms. The molecule has 0 aromatic heterocycles. The van der Waals surface area contributed by atoms with Crippen LogP contribution in [0, 0.1) is 10.1 Å². The first-order valence-corrected chi connectivity index (χ1v) is 8.38. The molecule has 1 aliphatic rings. The van der Waals surface area contributed by atoms with Gasteiger partial charge in [-0.25, -0.2) is 4.57 Å². The van der Waals surface area contributed by atoms with Crippen molar-refractivity contribution in [1.82, 2.24) is 0 Å². The number of rotatable bonds is 5. The molecule has 0 amide bonds. The van der Waals surface area contributed by atoms with Crippen molar-refractivity contribution in [3.63, 3.8) is 0 Å². The third-order valence-electron chi connectivity index (χ3n) is 3.60. The van der Waals surface area contributed by atoms with E-state index < -0.39 is 49.4 Å². The summed E-state index contributed by atoms with van der Waals surface area (Å²) < 4.78 is 21.2. The van der Waals surface area contributed by atoms with E-state index in [1.54, 1.807) is 0 Å². The van der Waals surface area contributed by atoms with E-state index in [0.717, 1.165) is 24.3 Å². The van der Waals surface area contributed by atoms with Gasteiger partial charge in [-0.3, -0.25) is 19.5 Å². The van der Waals surface area contributed by atoms with Crippen LogP contribution in [0.5, 0.6) is 5.75 Å². The fourth-order valence-corrected chi connectivity index (χ4v) is 3.25. The Morgan fingerprint density at radius 2 is 1.36 bits per heavy atom. The summed E-state index contributed by atoms with van der Waals surface area (Å²) in [5, 5.41) is 58.6. The molecule has 1 aromatic rings. The predicted octanol–water partition coefficient (Wildman–Crippen LogP) is -1.72. The molecule has 0 radical (unpaired) electrons. The first kappa shape index (κ1) is 19.7. The smallest absolute Gasteiger partial charge is 0.404 e. The van der Waals surface area contributed by atoms with Crippen molar-refractivity contribution in [3.05, 3.63) is 34.4 Å². The maximum Gasteiger partial charge on any atom is 0.527 e. The fraction of sp³-hybridized carbons (Fsp3) is 0.500. The lowest BCUT2D eigenvalue weighted by molar-refractivity contribution is -0.384. The summed E-state index contributed by atoms with van der Waals surface area (Å²) in [5.41, 5.74) is -0.292. The maximum absolute atomic E-state index is 12.0. The van der Waals surface area contributed by atoms with Crippen LogP contribution in [0.25, 0.3) is 0 Å². The van der Waals surface area contributed by atoms with E-state index in [4.69, 9.17) is 0 Å². The molecule has 0 heterocycles. The van der Waals surface area contributed by atoms with Gasteiger partial charge >= 0.3 is 7.82 Å². The van der Waals surface area contributed by atoms with E-state index in [-0.39, 0.29) is 11.4 Å². The number of benzene rings is 1. The largest absolute Gasteiger partial charge is 0.527 e. The zero-order chi connectivity index (χ0) is 18.9. The minimum Gasteiger partial charge on any atom is -0.404 e. The molecule has 0 saturated heterocycles. The summed E-state index contributed by atoms with van der Waals surface area (Å²) in [6.45, 7) is 0. The number of aliphatic hydroxyl groups is 5. The van der Waals surface area contributed by atoms with Gasteiger partial charge in [0.1, 0.15) is 42.4 Å². The summed E-state index contributed by atoms with van der Waals surface area (Å²) in [7, 11) is -4.96. The lowest BCUT2D eigenvalue weighted by Crippen LogP contribution is -2.64. The van der Waals surface area contributed by atoms with E-state index in [0.29, 0.717) is 0 Å². The molecule has 7 atom stereocenters. The van der Waals surface area contributed by atoms with Crippen molar-refractivity contribution < 1.29 is 49.0 Å². The van der Waals surface area contributed by atoms with Gasteiger partial charge in [-0.2, -0.15) is 0 Å². The number of nitrogens with zero attached hydrogens (tertiary/aromatic N) is 1. The molecule has 0 aliphatic heterocycles. The van der Waals surface area contributed by atoms with Gasteiger partial charge < -0.3 is 30.1 Å². The SMILES string of the molecule is O=[N+]([O-])c1ccc(OP(=O)(O)OC2[C@@H](O)[C@H](O)C(O)[C@H](O)[C@@H]2O)cc1. The Morgan fingerprint density at radius 1 is 0.920 bits per heavy atom. The predicted molar refractivity (Wildman–Crippen MR) is 78.5 cm³/mol. The molecular weight excluding hydrogens is 365 g/mol. The Bertz CT molecular complexity index is 652. The minimum absolute atomic E-state index is 0.280. The molecule has 6 N–H and O–H groups in total. The van der Waals surface area contributed by atoms with Crippen molar-refractivity contribution >= 4 is 13.5 Å². The van der Waals surface area contributed by atoms with Crippen molar-refractivity contribution in [3.8, 4) is 5.75 Å². The summed E-state index contributed by atoms with van der Waals surface area (Å²) >= 11 is 0. The van der Waals surface area contributed by atoms with Gasteiger partial charge in [0.25, 0.3) is 5.69 Å². The third-order valence-corrected chi connectivity index (χ3v) is 4.55. The summed E-state index contributed by atoms with van der Waals surface area (Å²) in [6.07, 6.45) is -11.7. The highest BCUT2D eigenvalue weighted by molar-refractivity contribution is 7.47. The van der Waals surface area contributed by atoms with E-state index in [9.17, 15) is 45.1 Å². The summed E-state index contributed by atoms with van der Waals surface area (Å²) in [6, 6.07) is 4.05. The molecule has 1 saturated carbocycles. The van der Waals surface area contributed by atoms with Crippen molar-refractivity contribution in [1.29, 1.82) is 0 Å². The van der Waals surface area contributed by atoms with Gasteiger partial charge in [0, 0.05) is 12.1 Å².